The minimum atomic E-state index is -0.329. The number of imidazole rings is 2. The van der Waals surface area contributed by atoms with Crippen LogP contribution in [0.4, 0.5) is 34.9 Å². The first-order valence-electron chi connectivity index (χ1n) is 27.0. The van der Waals surface area contributed by atoms with Gasteiger partial charge < -0.3 is 46.9 Å². The zero-order valence-electron chi connectivity index (χ0n) is 45.1. The summed E-state index contributed by atoms with van der Waals surface area (Å²) in [7, 11) is 1.56. The van der Waals surface area contributed by atoms with Crippen molar-refractivity contribution in [3.05, 3.63) is 175 Å². The van der Waals surface area contributed by atoms with E-state index in [0.29, 0.717) is 63.3 Å². The van der Waals surface area contributed by atoms with Crippen LogP contribution in [0.25, 0.3) is 72.1 Å². The predicted octanol–water partition coefficient (Wildman–Crippen LogP) is 7.91. The minimum absolute atomic E-state index is 0.172. The zero-order valence-corrected chi connectivity index (χ0v) is 45.1. The van der Waals surface area contributed by atoms with Crippen LogP contribution in [0.2, 0.25) is 0 Å². The SMILES string of the molecule is CNC(=O)c1cc(Nc2ncc3c(CNC(=O)c4cc(Nc5ncc6ccc(-c7c[n+](CNC(=O)c8cc(Nc9ncc%10ccc(-c%11cnc%12ncccn%11%12)cc%10n9)c[nH]8)c8n7CCCC8)cc6n5)c[nH]4)cc(-c4c[nH]nc4C)cc3n2)c[nH]1. The fraction of sp³-hybridized carbons (Fsp3) is 0.136. The maximum Gasteiger partial charge on any atom is 0.270 e. The van der Waals surface area contributed by atoms with Crippen molar-refractivity contribution in [1.29, 1.82) is 0 Å². The normalized spacial score (nSPS) is 12.2. The fourth-order valence-corrected chi connectivity index (χ4v) is 10.6. The quantitative estimate of drug-likeness (QED) is 0.0411. The Morgan fingerprint density at radius 2 is 1.25 bits per heavy atom. The number of aromatic amines is 4. The van der Waals surface area contributed by atoms with Gasteiger partial charge in [0.05, 0.1) is 57.7 Å². The molecule has 25 heteroatoms. The second kappa shape index (κ2) is 21.1. The third kappa shape index (κ3) is 9.85. The molecule has 0 atom stereocenters. The Morgan fingerprint density at radius 1 is 0.631 bits per heavy atom. The van der Waals surface area contributed by atoms with Crippen LogP contribution in [0, 0.1) is 6.92 Å². The summed E-state index contributed by atoms with van der Waals surface area (Å²) in [6, 6.07) is 23.0. The number of anilines is 6. The van der Waals surface area contributed by atoms with Crippen molar-refractivity contribution in [2.24, 2.45) is 0 Å². The molecule has 0 spiro atoms. The third-order valence-electron chi connectivity index (χ3n) is 14.8. The van der Waals surface area contributed by atoms with Crippen LogP contribution in [0.3, 0.4) is 0 Å². The lowest BCUT2D eigenvalue weighted by Gasteiger charge is -2.12. The predicted molar refractivity (Wildman–Crippen MR) is 314 cm³/mol. The van der Waals surface area contributed by atoms with E-state index in [-0.39, 0.29) is 30.9 Å². The van der Waals surface area contributed by atoms with E-state index >= 15 is 0 Å². The van der Waals surface area contributed by atoms with Gasteiger partial charge >= 0.3 is 0 Å². The molecule has 10 aromatic heterocycles. The first kappa shape index (κ1) is 50.6. The van der Waals surface area contributed by atoms with E-state index in [1.807, 2.05) is 72.2 Å². The number of nitrogens with one attached hydrogen (secondary N) is 10. The molecule has 414 valence electrons. The molecule has 0 unspecified atom stereocenters. The summed E-state index contributed by atoms with van der Waals surface area (Å²) in [5.41, 5.74) is 12.3. The van der Waals surface area contributed by atoms with Gasteiger partial charge in [-0.1, -0.05) is 18.2 Å². The van der Waals surface area contributed by atoms with Crippen LogP contribution in [-0.4, -0.2) is 98.8 Å². The molecular weight excluding hydrogens is 1060 g/mol. The molecule has 11 heterocycles. The molecule has 0 radical (unpaired) electrons. The number of hydrogen-bond donors (Lipinski definition) is 10. The number of carbonyl (C=O) groups excluding carboxylic acids is 3. The highest BCUT2D eigenvalue weighted by Crippen LogP contribution is 2.32. The first-order chi connectivity index (χ1) is 41.1. The number of rotatable bonds is 16. The van der Waals surface area contributed by atoms with E-state index in [9.17, 15) is 14.4 Å². The highest BCUT2D eigenvalue weighted by atomic mass is 16.2. The van der Waals surface area contributed by atoms with Crippen LogP contribution in [-0.2, 0) is 26.2 Å². The Hall–Kier alpha value is -11.6. The highest BCUT2D eigenvalue weighted by molar-refractivity contribution is 5.96. The summed E-state index contributed by atoms with van der Waals surface area (Å²) < 4.78 is 6.36. The number of fused-ring (bicyclic) bond motifs is 5. The van der Waals surface area contributed by atoms with Crippen molar-refractivity contribution in [2.45, 2.75) is 45.9 Å². The summed E-state index contributed by atoms with van der Waals surface area (Å²) in [5, 5.41) is 28.2. The molecule has 0 saturated carbocycles. The number of H-pyrrole nitrogens is 4. The summed E-state index contributed by atoms with van der Waals surface area (Å²) >= 11 is 0. The van der Waals surface area contributed by atoms with Gasteiger partial charge in [0.25, 0.3) is 23.5 Å². The second-order valence-corrected chi connectivity index (χ2v) is 20.2. The molecule has 1 aliphatic heterocycles. The van der Waals surface area contributed by atoms with Crippen LogP contribution in [0.15, 0.2) is 141 Å². The lowest BCUT2D eigenvalue weighted by Crippen LogP contribution is -2.46. The van der Waals surface area contributed by atoms with E-state index in [1.165, 1.54) is 0 Å². The fourth-order valence-electron chi connectivity index (χ4n) is 10.6. The van der Waals surface area contributed by atoms with Gasteiger partial charge in [-0.2, -0.15) is 5.10 Å². The molecule has 25 nitrogen and oxygen atoms in total. The van der Waals surface area contributed by atoms with E-state index in [4.69, 9.17) is 15.0 Å². The third-order valence-corrected chi connectivity index (χ3v) is 14.8. The van der Waals surface area contributed by atoms with E-state index in [2.05, 4.69) is 103 Å². The number of hydrogen-bond acceptors (Lipinski definition) is 15. The molecule has 13 aromatic rings. The van der Waals surface area contributed by atoms with Gasteiger partial charge in [0.15, 0.2) is 12.4 Å². The molecule has 3 amide bonds. The van der Waals surface area contributed by atoms with Gasteiger partial charge in [0.2, 0.25) is 23.6 Å². The lowest BCUT2D eigenvalue weighted by atomic mass is 10.0. The van der Waals surface area contributed by atoms with Crippen molar-refractivity contribution in [3.8, 4) is 33.6 Å². The van der Waals surface area contributed by atoms with E-state index in [0.717, 1.165) is 104 Å². The zero-order chi connectivity index (χ0) is 56.8. The molecule has 0 aliphatic carbocycles. The standard InChI is InChI=1S/C59H50N22O3/c1-32-42(28-71-78-32)37-14-38(43-27-68-58(77-46(43)17-37)74-39-18-47(62-24-39)53(82)60-2)23-65-54(83)48-19-40(25-63-48)72-57-67-22-36-10-8-34(16-45(36)76-57)51-30-79(52-6-3-4-12-80(51)52)31-70-55(84)49-20-41(26-64-49)73-56-66-21-35-9-7-33(15-44(35)75-56)50-29-69-59-61-11-5-13-81(50)59/h5,7-11,13-22,24-30H,3-4,6,12,23,31H2,1-2H3,(H9-,60,62,63,64,65,66,67,68,70,71,72,73,74,75,76,77,78,82,83,84)/p+1. The lowest BCUT2D eigenvalue weighted by molar-refractivity contribution is -0.706. The molecule has 84 heavy (non-hydrogen) atoms. The molecule has 0 fully saturated rings. The maximum atomic E-state index is 13.7. The van der Waals surface area contributed by atoms with Gasteiger partial charge in [-0.15, -0.1) is 0 Å². The number of aromatic nitrogens is 16. The van der Waals surface area contributed by atoms with Gasteiger partial charge in [0.1, 0.15) is 23.3 Å². The number of carbonyl (C=O) groups is 3. The molecule has 3 aromatic carbocycles. The summed E-state index contributed by atoms with van der Waals surface area (Å²) in [6.07, 6.45) is 22.6. The Bertz CT molecular complexity index is 4720. The molecule has 0 bridgehead atoms. The summed E-state index contributed by atoms with van der Waals surface area (Å²) in [5.74, 6) is 1.98. The molecule has 10 N–H and O–H groups in total. The van der Waals surface area contributed by atoms with Crippen molar-refractivity contribution in [1.82, 2.24) is 89.9 Å². The van der Waals surface area contributed by atoms with E-state index in [1.54, 1.807) is 74.8 Å². The van der Waals surface area contributed by atoms with E-state index < -0.39 is 0 Å². The smallest absolute Gasteiger partial charge is 0.270 e. The Balaban J connectivity index is 0.632. The topological polar surface area (TPSA) is 316 Å². The molecule has 14 rings (SSSR count). The average Bonchev–Trinajstić information content (AvgIpc) is 3.96. The second-order valence-electron chi connectivity index (χ2n) is 20.2. The summed E-state index contributed by atoms with van der Waals surface area (Å²) in [6.45, 7) is 3.19. The van der Waals surface area contributed by atoms with Crippen molar-refractivity contribution >= 4 is 91.1 Å². The van der Waals surface area contributed by atoms with Crippen molar-refractivity contribution < 1.29 is 19.0 Å². The highest BCUT2D eigenvalue weighted by Gasteiger charge is 2.28. The van der Waals surface area contributed by atoms with Gasteiger partial charge in [-0.3, -0.25) is 23.9 Å². The van der Waals surface area contributed by atoms with Gasteiger partial charge in [0, 0.05) is 109 Å². The number of nitrogens with zero attached hydrogens (tertiary/aromatic N) is 12. The van der Waals surface area contributed by atoms with Crippen LogP contribution in [0.5, 0.6) is 0 Å². The molecule has 1 aliphatic rings. The first-order valence-corrected chi connectivity index (χ1v) is 27.0. The van der Waals surface area contributed by atoms with Crippen LogP contribution < -0.4 is 36.5 Å². The van der Waals surface area contributed by atoms with Gasteiger partial charge in [-0.25, -0.2) is 49.0 Å². The van der Waals surface area contributed by atoms with Gasteiger partial charge in [-0.05, 0) is 85.5 Å². The number of amides is 3. The molecule has 0 saturated heterocycles. The number of aryl methyl sites for hydroxylation is 1. The maximum absolute atomic E-state index is 13.7. The average molecular weight is 1120 g/mol. The summed E-state index contributed by atoms with van der Waals surface area (Å²) in [4.78, 5) is 85.5. The van der Waals surface area contributed by atoms with Crippen molar-refractivity contribution in [3.63, 3.8) is 0 Å². The van der Waals surface area contributed by atoms with Crippen LogP contribution in [0.1, 0.15) is 61.4 Å². The largest absolute Gasteiger partial charge is 0.355 e. The Kier molecular flexibility index (Phi) is 12.7. The monoisotopic (exact) mass is 1120 g/mol. The Morgan fingerprint density at radius 3 is 1.90 bits per heavy atom. The number of benzene rings is 3. The van der Waals surface area contributed by atoms with Crippen LogP contribution >= 0.6 is 0 Å². The molecular formula is C59H51N22O3+. The Labute approximate surface area is 475 Å². The minimum Gasteiger partial charge on any atom is -0.355 e. The van der Waals surface area contributed by atoms with Crippen molar-refractivity contribution in [2.75, 3.05) is 23.0 Å².